The molecular formula is C16H39ClN4. The molecule has 0 unspecified atom stereocenters. The number of unbranched alkanes of at least 4 members (excludes halogenated alkanes) is 1. The van der Waals surface area contributed by atoms with E-state index in [9.17, 15) is 0 Å². The molecule has 0 atom stereocenters. The summed E-state index contributed by atoms with van der Waals surface area (Å²) in [5, 5.41) is 0. The van der Waals surface area contributed by atoms with Crippen LogP contribution < -0.4 is 0 Å². The Morgan fingerprint density at radius 1 is 0.429 bits per heavy atom. The minimum atomic E-state index is 0. The average Bonchev–Trinajstić information content (AvgIpc) is 2.33. The van der Waals surface area contributed by atoms with Crippen molar-refractivity contribution in [2.45, 2.75) is 25.7 Å². The number of rotatable bonds is 13. The Balaban J connectivity index is 0. The lowest BCUT2D eigenvalue weighted by Gasteiger charge is -2.20. The molecule has 130 valence electrons. The van der Waals surface area contributed by atoms with E-state index in [4.69, 9.17) is 0 Å². The molecule has 0 aliphatic carbocycles. The highest BCUT2D eigenvalue weighted by atomic mass is 35.5. The van der Waals surface area contributed by atoms with Gasteiger partial charge >= 0.3 is 0 Å². The van der Waals surface area contributed by atoms with E-state index in [0.717, 1.165) is 0 Å². The first-order valence-corrected chi connectivity index (χ1v) is 8.08. The van der Waals surface area contributed by atoms with Gasteiger partial charge in [0, 0.05) is 0 Å². The lowest BCUT2D eigenvalue weighted by molar-refractivity contribution is 0.271. The molecule has 0 aliphatic rings. The molecule has 4 nitrogen and oxygen atoms in total. The van der Waals surface area contributed by atoms with E-state index in [-0.39, 0.29) is 12.4 Å². The Morgan fingerprint density at radius 3 is 1.00 bits per heavy atom. The van der Waals surface area contributed by atoms with Gasteiger partial charge in [-0.1, -0.05) is 0 Å². The Labute approximate surface area is 139 Å². The highest BCUT2D eigenvalue weighted by molar-refractivity contribution is 5.85. The summed E-state index contributed by atoms with van der Waals surface area (Å²) in [6, 6.07) is 0. The largest absolute Gasteiger partial charge is 0.309 e. The van der Waals surface area contributed by atoms with Gasteiger partial charge in [-0.05, 0) is 107 Å². The van der Waals surface area contributed by atoms with Gasteiger partial charge in [0.15, 0.2) is 0 Å². The summed E-state index contributed by atoms with van der Waals surface area (Å²) in [4.78, 5) is 9.46. The van der Waals surface area contributed by atoms with Crippen LogP contribution in [0.4, 0.5) is 0 Å². The summed E-state index contributed by atoms with van der Waals surface area (Å²) in [6.45, 7) is 7.30. The maximum Gasteiger partial charge on any atom is -0.000960 e. The van der Waals surface area contributed by atoms with Crippen molar-refractivity contribution in [3.8, 4) is 0 Å². The van der Waals surface area contributed by atoms with Crippen LogP contribution in [0.1, 0.15) is 25.7 Å². The molecule has 0 N–H and O–H groups in total. The highest BCUT2D eigenvalue weighted by Gasteiger charge is 2.01. The fourth-order valence-electron chi connectivity index (χ4n) is 2.30. The first kappa shape index (κ1) is 23.4. The van der Waals surface area contributed by atoms with E-state index < -0.39 is 0 Å². The summed E-state index contributed by atoms with van der Waals surface area (Å²) >= 11 is 0. The van der Waals surface area contributed by atoms with Crippen molar-refractivity contribution in [2.24, 2.45) is 0 Å². The molecule has 0 aromatic heterocycles. The highest BCUT2D eigenvalue weighted by Crippen LogP contribution is 1.98. The van der Waals surface area contributed by atoms with Crippen molar-refractivity contribution in [3.63, 3.8) is 0 Å². The Bertz CT molecular complexity index is 190. The van der Waals surface area contributed by atoms with Gasteiger partial charge in [-0.3, -0.25) is 0 Å². The quantitative estimate of drug-likeness (QED) is 0.480. The molecular weight excluding hydrogens is 284 g/mol. The topological polar surface area (TPSA) is 13.0 Å². The van der Waals surface area contributed by atoms with Crippen LogP contribution in [0.15, 0.2) is 0 Å². The van der Waals surface area contributed by atoms with Crippen LogP contribution in [0, 0.1) is 0 Å². The Morgan fingerprint density at radius 2 is 0.714 bits per heavy atom. The Kier molecular flexibility index (Phi) is 16.8. The van der Waals surface area contributed by atoms with E-state index in [2.05, 4.69) is 61.9 Å². The predicted molar refractivity (Wildman–Crippen MR) is 97.8 cm³/mol. The maximum atomic E-state index is 2.47. The van der Waals surface area contributed by atoms with Gasteiger partial charge in [0.05, 0.1) is 0 Å². The van der Waals surface area contributed by atoms with Crippen LogP contribution in [0.5, 0.6) is 0 Å². The lowest BCUT2D eigenvalue weighted by atomic mass is 10.2. The smallest absolute Gasteiger partial charge is 0.000960 e. The van der Waals surface area contributed by atoms with Gasteiger partial charge < -0.3 is 19.6 Å². The van der Waals surface area contributed by atoms with Crippen LogP contribution in [-0.4, -0.2) is 101 Å². The number of nitrogens with zero attached hydrogens (tertiary/aromatic N) is 4. The second kappa shape index (κ2) is 15.0. The molecule has 0 spiro atoms. The molecule has 0 amide bonds. The van der Waals surface area contributed by atoms with Gasteiger partial charge in [-0.25, -0.2) is 0 Å². The number of hydrogen-bond donors (Lipinski definition) is 0. The predicted octanol–water partition coefficient (Wildman–Crippen LogP) is 1.96. The average molecular weight is 323 g/mol. The van der Waals surface area contributed by atoms with Crippen LogP contribution in [-0.2, 0) is 0 Å². The second-order valence-corrected chi connectivity index (χ2v) is 6.63. The zero-order valence-electron chi connectivity index (χ0n) is 15.3. The fourth-order valence-corrected chi connectivity index (χ4v) is 2.30. The summed E-state index contributed by atoms with van der Waals surface area (Å²) in [7, 11) is 13.1. The molecule has 0 aromatic rings. The van der Waals surface area contributed by atoms with Gasteiger partial charge in [-0.15, -0.1) is 12.4 Å². The maximum absolute atomic E-state index is 2.47. The fraction of sp³-hybridized carbons (Fsp3) is 1.00. The number of halogens is 1. The van der Waals surface area contributed by atoms with E-state index in [1.807, 2.05) is 0 Å². The van der Waals surface area contributed by atoms with Gasteiger partial charge in [-0.2, -0.15) is 0 Å². The van der Waals surface area contributed by atoms with Crippen molar-refractivity contribution in [1.29, 1.82) is 0 Å². The molecule has 0 saturated carbocycles. The summed E-state index contributed by atoms with van der Waals surface area (Å²) in [6.07, 6.45) is 5.18. The molecule has 21 heavy (non-hydrogen) atoms. The van der Waals surface area contributed by atoms with Crippen molar-refractivity contribution in [1.82, 2.24) is 19.6 Å². The monoisotopic (exact) mass is 322 g/mol. The van der Waals surface area contributed by atoms with Crippen molar-refractivity contribution in [3.05, 3.63) is 0 Å². The van der Waals surface area contributed by atoms with Crippen LogP contribution in [0.2, 0.25) is 0 Å². The second-order valence-electron chi connectivity index (χ2n) is 6.63. The van der Waals surface area contributed by atoms with E-state index in [0.29, 0.717) is 0 Å². The summed E-state index contributed by atoms with van der Waals surface area (Å²) in [5.41, 5.74) is 0. The van der Waals surface area contributed by atoms with Gasteiger partial charge in [0.25, 0.3) is 0 Å². The first-order valence-electron chi connectivity index (χ1n) is 8.08. The molecule has 0 rings (SSSR count). The normalized spacial score (nSPS) is 11.7. The lowest BCUT2D eigenvalue weighted by Crippen LogP contribution is -2.27. The van der Waals surface area contributed by atoms with Crippen LogP contribution in [0.25, 0.3) is 0 Å². The third-order valence-corrected chi connectivity index (χ3v) is 3.62. The zero-order chi connectivity index (χ0) is 15.4. The minimum Gasteiger partial charge on any atom is -0.309 e. The molecule has 5 heteroatoms. The zero-order valence-corrected chi connectivity index (χ0v) is 16.1. The third-order valence-electron chi connectivity index (χ3n) is 3.62. The molecule has 0 radical (unpaired) electrons. The van der Waals surface area contributed by atoms with Crippen LogP contribution in [0.3, 0.4) is 0 Å². The molecule has 0 aliphatic heterocycles. The third kappa shape index (κ3) is 18.1. The number of hydrogen-bond acceptors (Lipinski definition) is 4. The summed E-state index contributed by atoms with van der Waals surface area (Å²) < 4.78 is 0. The first-order chi connectivity index (χ1) is 9.41. The van der Waals surface area contributed by atoms with Crippen molar-refractivity contribution in [2.75, 3.05) is 81.6 Å². The van der Waals surface area contributed by atoms with E-state index in [1.165, 1.54) is 65.0 Å². The summed E-state index contributed by atoms with van der Waals surface area (Å²) in [5.74, 6) is 0. The standard InChI is InChI=1S/C16H38N4.ClH/c1-17(2)11-9-15-19(5)13-7-8-14-20(6)16-10-12-18(3)4;/h7-16H2,1-6H3;1H. The van der Waals surface area contributed by atoms with Crippen molar-refractivity contribution >= 4 is 12.4 Å². The van der Waals surface area contributed by atoms with Gasteiger partial charge in [0.2, 0.25) is 0 Å². The van der Waals surface area contributed by atoms with Crippen LogP contribution >= 0.6 is 12.4 Å². The van der Waals surface area contributed by atoms with E-state index in [1.54, 1.807) is 0 Å². The molecule has 0 heterocycles. The molecule has 0 aromatic carbocycles. The SMILES string of the molecule is CN(C)CCCN(C)CCCCN(C)CCCN(C)C.Cl. The molecule has 0 saturated heterocycles. The molecule has 0 fully saturated rings. The minimum absolute atomic E-state index is 0. The van der Waals surface area contributed by atoms with E-state index >= 15 is 0 Å². The van der Waals surface area contributed by atoms with Crippen molar-refractivity contribution < 1.29 is 0 Å². The van der Waals surface area contributed by atoms with Gasteiger partial charge in [0.1, 0.15) is 0 Å². The Hall–Kier alpha value is 0.130. The molecule has 0 bridgehead atoms.